The number of hydrogen-bond acceptors (Lipinski definition) is 3. The monoisotopic (exact) mass is 279 g/mol. The molecule has 1 unspecified atom stereocenters. The average molecular weight is 279 g/mol. The van der Waals surface area contributed by atoms with Crippen LogP contribution in [0.3, 0.4) is 0 Å². The number of rotatable bonds is 8. The highest BCUT2D eigenvalue weighted by atomic mass is 16.3. The molecule has 1 aliphatic rings. The highest BCUT2D eigenvalue weighted by Crippen LogP contribution is 2.33. The zero-order chi connectivity index (χ0) is 14.5. The normalized spacial score (nSPS) is 16.4. The first-order chi connectivity index (χ1) is 9.61. The quantitative estimate of drug-likeness (QED) is 0.760. The van der Waals surface area contributed by atoms with Crippen molar-refractivity contribution in [3.8, 4) is 0 Å². The van der Waals surface area contributed by atoms with Gasteiger partial charge in [-0.05, 0) is 25.2 Å². The predicted molar refractivity (Wildman–Crippen MR) is 77.3 cm³/mol. The molecule has 0 spiro atoms. The number of amides is 1. The molecular formula is C15H25N3O2. The molecule has 1 saturated carbocycles. The fourth-order valence-electron chi connectivity index (χ4n) is 2.57. The van der Waals surface area contributed by atoms with E-state index in [0.29, 0.717) is 31.2 Å². The van der Waals surface area contributed by atoms with Gasteiger partial charge in [0.15, 0.2) is 0 Å². The first-order valence-corrected chi connectivity index (χ1v) is 7.53. The van der Waals surface area contributed by atoms with Crippen molar-refractivity contribution in [3.05, 3.63) is 18.2 Å². The highest BCUT2D eigenvalue weighted by molar-refractivity contribution is 5.76. The second-order valence-corrected chi connectivity index (χ2v) is 5.91. The number of nitrogens with zero attached hydrogens (tertiary/aromatic N) is 2. The first kappa shape index (κ1) is 15.0. The van der Waals surface area contributed by atoms with E-state index in [9.17, 15) is 4.79 Å². The predicted octanol–water partition coefficient (Wildman–Crippen LogP) is 1.67. The van der Waals surface area contributed by atoms with E-state index in [-0.39, 0.29) is 18.6 Å². The van der Waals surface area contributed by atoms with Crippen LogP contribution >= 0.6 is 0 Å². The molecule has 1 heterocycles. The van der Waals surface area contributed by atoms with E-state index in [1.54, 1.807) is 6.20 Å². The van der Waals surface area contributed by atoms with Crippen LogP contribution in [0.4, 0.5) is 0 Å². The number of imidazole rings is 1. The summed E-state index contributed by atoms with van der Waals surface area (Å²) in [5.41, 5.74) is 0. The van der Waals surface area contributed by atoms with Crippen molar-refractivity contribution in [2.45, 2.75) is 58.0 Å². The summed E-state index contributed by atoms with van der Waals surface area (Å²) < 4.78 is 2.04. The van der Waals surface area contributed by atoms with Gasteiger partial charge in [0.05, 0.1) is 0 Å². The molecule has 5 nitrogen and oxygen atoms in total. The molecule has 1 atom stereocenters. The standard InChI is InChI=1S/C15H25N3O2/c1-11(2)15-16-7-9-18(15)8-5-14(20)17-13(6-10-19)12-3-4-12/h7,9,11-13,19H,3-6,8,10H2,1-2H3,(H,17,20). The number of carbonyl (C=O) groups excluding carboxylic acids is 1. The number of aromatic nitrogens is 2. The largest absolute Gasteiger partial charge is 0.396 e. The molecule has 20 heavy (non-hydrogen) atoms. The van der Waals surface area contributed by atoms with Crippen molar-refractivity contribution in [1.82, 2.24) is 14.9 Å². The van der Waals surface area contributed by atoms with Gasteiger partial charge in [-0.3, -0.25) is 4.79 Å². The second-order valence-electron chi connectivity index (χ2n) is 5.91. The van der Waals surface area contributed by atoms with Crippen LogP contribution in [0, 0.1) is 5.92 Å². The summed E-state index contributed by atoms with van der Waals surface area (Å²) in [5.74, 6) is 2.03. The van der Waals surface area contributed by atoms with Crippen molar-refractivity contribution < 1.29 is 9.90 Å². The molecular weight excluding hydrogens is 254 g/mol. The van der Waals surface area contributed by atoms with Crippen LogP contribution in [0.2, 0.25) is 0 Å². The molecule has 0 aromatic carbocycles. The molecule has 1 aromatic rings. The summed E-state index contributed by atoms with van der Waals surface area (Å²) in [6.07, 6.45) is 7.18. The minimum absolute atomic E-state index is 0.0683. The summed E-state index contributed by atoms with van der Waals surface area (Å²) in [4.78, 5) is 16.3. The van der Waals surface area contributed by atoms with Gasteiger partial charge < -0.3 is 15.0 Å². The fourth-order valence-corrected chi connectivity index (χ4v) is 2.57. The fraction of sp³-hybridized carbons (Fsp3) is 0.733. The maximum Gasteiger partial charge on any atom is 0.222 e. The molecule has 0 bridgehead atoms. The van der Waals surface area contributed by atoms with Crippen LogP contribution in [0.25, 0.3) is 0 Å². The Labute approximate surface area is 120 Å². The van der Waals surface area contributed by atoms with Gasteiger partial charge in [-0.2, -0.15) is 0 Å². The summed E-state index contributed by atoms with van der Waals surface area (Å²) in [7, 11) is 0. The van der Waals surface area contributed by atoms with E-state index in [2.05, 4.69) is 24.1 Å². The summed E-state index contributed by atoms with van der Waals surface area (Å²) >= 11 is 0. The Morgan fingerprint density at radius 1 is 1.55 bits per heavy atom. The van der Waals surface area contributed by atoms with E-state index >= 15 is 0 Å². The maximum atomic E-state index is 12.0. The van der Waals surface area contributed by atoms with Gasteiger partial charge in [-0.25, -0.2) is 4.98 Å². The Hall–Kier alpha value is -1.36. The number of aryl methyl sites for hydroxylation is 1. The lowest BCUT2D eigenvalue weighted by atomic mass is 10.1. The average Bonchev–Trinajstić information content (AvgIpc) is 3.14. The first-order valence-electron chi connectivity index (χ1n) is 7.53. The molecule has 1 fully saturated rings. The molecule has 112 valence electrons. The van der Waals surface area contributed by atoms with Crippen molar-refractivity contribution in [1.29, 1.82) is 0 Å². The molecule has 1 aromatic heterocycles. The number of carbonyl (C=O) groups is 1. The SMILES string of the molecule is CC(C)c1nccn1CCC(=O)NC(CCO)C1CC1. The van der Waals surface area contributed by atoms with Crippen LogP contribution in [0.5, 0.6) is 0 Å². The lowest BCUT2D eigenvalue weighted by molar-refractivity contribution is -0.122. The van der Waals surface area contributed by atoms with E-state index in [4.69, 9.17) is 5.11 Å². The smallest absolute Gasteiger partial charge is 0.222 e. The van der Waals surface area contributed by atoms with Gasteiger partial charge in [0.1, 0.15) is 5.82 Å². The van der Waals surface area contributed by atoms with Crippen LogP contribution in [0.15, 0.2) is 12.4 Å². The molecule has 2 rings (SSSR count). The summed E-state index contributed by atoms with van der Waals surface area (Å²) in [6.45, 7) is 5.00. The third-order valence-corrected chi connectivity index (χ3v) is 3.82. The zero-order valence-corrected chi connectivity index (χ0v) is 12.4. The molecule has 0 radical (unpaired) electrons. The zero-order valence-electron chi connectivity index (χ0n) is 12.4. The Bertz CT molecular complexity index is 438. The lowest BCUT2D eigenvalue weighted by Crippen LogP contribution is -2.37. The Kier molecular flexibility index (Phi) is 5.17. The topological polar surface area (TPSA) is 67.2 Å². The van der Waals surface area contributed by atoms with Crippen molar-refractivity contribution in [3.63, 3.8) is 0 Å². The third-order valence-electron chi connectivity index (χ3n) is 3.82. The second kappa shape index (κ2) is 6.88. The van der Waals surface area contributed by atoms with Gasteiger partial charge in [0.2, 0.25) is 5.91 Å². The highest BCUT2D eigenvalue weighted by Gasteiger charge is 2.31. The minimum atomic E-state index is 0.0683. The molecule has 1 aliphatic carbocycles. The van der Waals surface area contributed by atoms with E-state index in [1.165, 1.54) is 12.8 Å². The van der Waals surface area contributed by atoms with Crippen LogP contribution < -0.4 is 5.32 Å². The van der Waals surface area contributed by atoms with Gasteiger partial charge >= 0.3 is 0 Å². The van der Waals surface area contributed by atoms with E-state index in [0.717, 1.165) is 5.82 Å². The van der Waals surface area contributed by atoms with Crippen LogP contribution in [-0.2, 0) is 11.3 Å². The number of aliphatic hydroxyl groups excluding tert-OH is 1. The molecule has 0 saturated heterocycles. The molecule has 5 heteroatoms. The van der Waals surface area contributed by atoms with Gasteiger partial charge in [-0.1, -0.05) is 13.8 Å². The van der Waals surface area contributed by atoms with E-state index in [1.807, 2.05) is 10.8 Å². The summed E-state index contributed by atoms with van der Waals surface area (Å²) in [6, 6.07) is 0.153. The Balaban J connectivity index is 1.80. The van der Waals surface area contributed by atoms with Crippen LogP contribution in [-0.4, -0.2) is 33.2 Å². The van der Waals surface area contributed by atoms with Crippen molar-refractivity contribution >= 4 is 5.91 Å². The molecule has 2 N–H and O–H groups in total. The Morgan fingerprint density at radius 3 is 2.90 bits per heavy atom. The number of aliphatic hydroxyl groups is 1. The van der Waals surface area contributed by atoms with Crippen molar-refractivity contribution in [2.75, 3.05) is 6.61 Å². The van der Waals surface area contributed by atoms with E-state index < -0.39 is 0 Å². The molecule has 1 amide bonds. The minimum Gasteiger partial charge on any atom is -0.396 e. The maximum absolute atomic E-state index is 12.0. The molecule has 0 aliphatic heterocycles. The number of hydrogen-bond donors (Lipinski definition) is 2. The third kappa shape index (κ3) is 4.07. The van der Waals surface area contributed by atoms with Crippen LogP contribution in [0.1, 0.15) is 51.3 Å². The summed E-state index contributed by atoms with van der Waals surface area (Å²) in [5, 5.41) is 12.1. The van der Waals surface area contributed by atoms with Crippen molar-refractivity contribution in [2.24, 2.45) is 5.92 Å². The number of nitrogens with one attached hydrogen (secondary N) is 1. The van der Waals surface area contributed by atoms with Gasteiger partial charge in [0, 0.05) is 43.9 Å². The lowest BCUT2D eigenvalue weighted by Gasteiger charge is -2.17. The van der Waals surface area contributed by atoms with Gasteiger partial charge in [0.25, 0.3) is 0 Å². The Morgan fingerprint density at radius 2 is 2.30 bits per heavy atom. The van der Waals surface area contributed by atoms with Gasteiger partial charge in [-0.15, -0.1) is 0 Å².